The van der Waals surface area contributed by atoms with Crippen LogP contribution in [-0.2, 0) is 21.0 Å². The molecule has 0 spiro atoms. The van der Waals surface area contributed by atoms with Crippen molar-refractivity contribution in [3.63, 3.8) is 0 Å². The van der Waals surface area contributed by atoms with Gasteiger partial charge in [-0.2, -0.15) is 0 Å². The van der Waals surface area contributed by atoms with Gasteiger partial charge in [-0.3, -0.25) is 13.8 Å². The average molecular weight is 488 g/mol. The standard InChI is InChI=1S/C14H20N2O4S.C7H7Cl2N/c1-14(2,3)11-8-10(15-9-17)12(20-11)13(18)16-4-6-21(19)7-5-16;1-10-6-4-2-3-5(8)7(6)9/h8-9H,4-7H2,1-3H3,(H,15,17);2-4,10H,1H3. The van der Waals surface area contributed by atoms with Gasteiger partial charge in [-0.25, -0.2) is 0 Å². The molecule has 1 aromatic heterocycles. The number of carbonyl (C=O) groups is 2. The number of nitrogens with zero attached hydrogens (tertiary/aromatic N) is 1. The maximum atomic E-state index is 12.5. The SMILES string of the molecule is CC(C)(C)c1cc(NC=O)c(C(=O)N2CCS(=O)CC2)o1.CNc1cccc(Cl)c1Cl. The van der Waals surface area contributed by atoms with E-state index in [0.717, 1.165) is 5.69 Å². The highest BCUT2D eigenvalue weighted by Crippen LogP contribution is 2.31. The van der Waals surface area contributed by atoms with Crippen molar-refractivity contribution in [1.29, 1.82) is 0 Å². The van der Waals surface area contributed by atoms with Crippen LogP contribution in [0.25, 0.3) is 0 Å². The fraction of sp³-hybridized carbons (Fsp3) is 0.429. The van der Waals surface area contributed by atoms with Crippen LogP contribution in [0.15, 0.2) is 28.7 Å². The van der Waals surface area contributed by atoms with Crippen LogP contribution in [0.1, 0.15) is 37.1 Å². The van der Waals surface area contributed by atoms with E-state index in [-0.39, 0.29) is 17.1 Å². The number of furan rings is 1. The lowest BCUT2D eigenvalue weighted by atomic mass is 9.93. The molecule has 0 aliphatic carbocycles. The monoisotopic (exact) mass is 487 g/mol. The Labute approximate surface area is 194 Å². The number of halogens is 2. The summed E-state index contributed by atoms with van der Waals surface area (Å²) in [5, 5.41) is 6.59. The lowest BCUT2D eigenvalue weighted by molar-refractivity contribution is -0.105. The molecular formula is C21H27Cl2N3O4S. The highest BCUT2D eigenvalue weighted by molar-refractivity contribution is 7.85. The summed E-state index contributed by atoms with van der Waals surface area (Å²) in [6.07, 6.45) is 0.527. The predicted octanol–water partition coefficient (Wildman–Crippen LogP) is 4.39. The third-order valence-electron chi connectivity index (χ3n) is 4.57. The topological polar surface area (TPSA) is 91.7 Å². The van der Waals surface area contributed by atoms with Crippen LogP contribution in [0.2, 0.25) is 10.0 Å². The molecule has 31 heavy (non-hydrogen) atoms. The zero-order chi connectivity index (χ0) is 23.2. The molecule has 1 aliphatic heterocycles. The van der Waals surface area contributed by atoms with Gasteiger partial charge in [-0.1, -0.05) is 50.0 Å². The molecule has 3 rings (SSSR count). The van der Waals surface area contributed by atoms with Gasteiger partial charge in [-0.05, 0) is 12.1 Å². The lowest BCUT2D eigenvalue weighted by Crippen LogP contribution is -2.41. The summed E-state index contributed by atoms with van der Waals surface area (Å²) in [6, 6.07) is 7.16. The van der Waals surface area contributed by atoms with Gasteiger partial charge >= 0.3 is 0 Å². The largest absolute Gasteiger partial charge is 0.453 e. The summed E-state index contributed by atoms with van der Waals surface area (Å²) in [7, 11) is 0.955. The van der Waals surface area contributed by atoms with E-state index >= 15 is 0 Å². The number of nitrogens with one attached hydrogen (secondary N) is 2. The molecule has 0 bridgehead atoms. The van der Waals surface area contributed by atoms with Gasteiger partial charge in [-0.15, -0.1) is 0 Å². The van der Waals surface area contributed by atoms with E-state index in [9.17, 15) is 13.8 Å². The number of hydrogen-bond acceptors (Lipinski definition) is 5. The van der Waals surface area contributed by atoms with E-state index in [1.165, 1.54) is 0 Å². The van der Waals surface area contributed by atoms with E-state index in [4.69, 9.17) is 27.6 Å². The molecular weight excluding hydrogens is 461 g/mol. The van der Waals surface area contributed by atoms with E-state index < -0.39 is 10.8 Å². The zero-order valence-corrected chi connectivity index (χ0v) is 20.3. The van der Waals surface area contributed by atoms with Crippen molar-refractivity contribution in [3.05, 3.63) is 45.8 Å². The van der Waals surface area contributed by atoms with Gasteiger partial charge in [0.1, 0.15) is 5.76 Å². The van der Waals surface area contributed by atoms with Gasteiger partial charge in [0, 0.05) is 53.9 Å². The molecule has 2 amide bonds. The van der Waals surface area contributed by atoms with E-state index in [1.807, 2.05) is 32.9 Å². The molecule has 7 nitrogen and oxygen atoms in total. The Kier molecular flexibility index (Phi) is 8.97. The molecule has 0 atom stereocenters. The van der Waals surface area contributed by atoms with Crippen LogP contribution >= 0.6 is 23.2 Å². The van der Waals surface area contributed by atoms with E-state index in [1.54, 1.807) is 24.1 Å². The quantitative estimate of drug-likeness (QED) is 0.624. The maximum absolute atomic E-state index is 12.5. The number of amides is 2. The van der Waals surface area contributed by atoms with Crippen LogP contribution in [-0.4, -0.2) is 53.1 Å². The molecule has 1 fully saturated rings. The van der Waals surface area contributed by atoms with Crippen molar-refractivity contribution in [2.45, 2.75) is 26.2 Å². The summed E-state index contributed by atoms with van der Waals surface area (Å²) in [6.45, 7) is 6.79. The van der Waals surface area contributed by atoms with Crippen molar-refractivity contribution in [1.82, 2.24) is 4.90 Å². The van der Waals surface area contributed by atoms with E-state index in [0.29, 0.717) is 52.5 Å². The molecule has 1 aliphatic rings. The van der Waals surface area contributed by atoms with Crippen molar-refractivity contribution in [2.24, 2.45) is 0 Å². The Balaban J connectivity index is 0.000000285. The van der Waals surface area contributed by atoms with Crippen molar-refractivity contribution in [2.75, 3.05) is 42.3 Å². The molecule has 0 unspecified atom stereocenters. The molecule has 0 radical (unpaired) electrons. The fourth-order valence-electron chi connectivity index (χ4n) is 2.77. The Morgan fingerprint density at radius 2 is 1.84 bits per heavy atom. The molecule has 1 saturated heterocycles. The number of hydrogen-bond donors (Lipinski definition) is 2. The average Bonchev–Trinajstić information content (AvgIpc) is 3.15. The minimum absolute atomic E-state index is 0.139. The first kappa shape index (κ1) is 25.2. The molecule has 0 saturated carbocycles. The van der Waals surface area contributed by atoms with Crippen LogP contribution in [0.5, 0.6) is 0 Å². The number of rotatable bonds is 4. The number of carbonyl (C=O) groups excluding carboxylic acids is 2. The summed E-state index contributed by atoms with van der Waals surface area (Å²) in [5.41, 5.74) is 0.974. The normalized spacial score (nSPS) is 14.5. The predicted molar refractivity (Wildman–Crippen MR) is 127 cm³/mol. The summed E-state index contributed by atoms with van der Waals surface area (Å²) < 4.78 is 17.0. The van der Waals surface area contributed by atoms with Crippen LogP contribution in [0.3, 0.4) is 0 Å². The summed E-state index contributed by atoms with van der Waals surface area (Å²) >= 11 is 11.5. The second-order valence-electron chi connectivity index (χ2n) is 7.86. The zero-order valence-electron chi connectivity index (χ0n) is 18.0. The minimum atomic E-state index is -0.848. The minimum Gasteiger partial charge on any atom is -0.453 e. The molecule has 2 N–H and O–H groups in total. The number of anilines is 2. The molecule has 1 aromatic carbocycles. The maximum Gasteiger partial charge on any atom is 0.291 e. The first-order valence-corrected chi connectivity index (χ1v) is 11.9. The smallest absolute Gasteiger partial charge is 0.291 e. The Bertz CT molecular complexity index is 947. The van der Waals surface area contributed by atoms with Crippen molar-refractivity contribution in [3.8, 4) is 0 Å². The van der Waals surface area contributed by atoms with Crippen LogP contribution in [0.4, 0.5) is 11.4 Å². The first-order chi connectivity index (χ1) is 14.6. The van der Waals surface area contributed by atoms with Crippen LogP contribution in [0, 0.1) is 0 Å². The van der Waals surface area contributed by atoms with Gasteiger partial charge in [0.25, 0.3) is 5.91 Å². The summed E-state index contributed by atoms with van der Waals surface area (Å²) in [4.78, 5) is 24.8. The van der Waals surface area contributed by atoms with Gasteiger partial charge in [0.15, 0.2) is 0 Å². The van der Waals surface area contributed by atoms with Gasteiger partial charge < -0.3 is 20.0 Å². The van der Waals surface area contributed by atoms with Crippen molar-refractivity contribution >= 4 is 57.7 Å². The highest BCUT2D eigenvalue weighted by Gasteiger charge is 2.29. The lowest BCUT2D eigenvalue weighted by Gasteiger charge is -2.25. The van der Waals surface area contributed by atoms with Gasteiger partial charge in [0.2, 0.25) is 12.2 Å². The summed E-state index contributed by atoms with van der Waals surface area (Å²) in [5.74, 6) is 1.46. The molecule has 170 valence electrons. The van der Waals surface area contributed by atoms with Gasteiger partial charge in [0.05, 0.1) is 21.4 Å². The van der Waals surface area contributed by atoms with Crippen molar-refractivity contribution < 1.29 is 18.2 Å². The molecule has 2 heterocycles. The molecule has 10 heteroatoms. The first-order valence-electron chi connectivity index (χ1n) is 9.69. The Hall–Kier alpha value is -2.03. The second kappa shape index (κ2) is 11.0. The number of benzene rings is 1. The second-order valence-corrected chi connectivity index (χ2v) is 10.3. The van der Waals surface area contributed by atoms with E-state index in [2.05, 4.69) is 10.6 Å². The van der Waals surface area contributed by atoms with Crippen LogP contribution < -0.4 is 10.6 Å². The molecule has 2 aromatic rings. The third kappa shape index (κ3) is 6.72. The fourth-order valence-corrected chi connectivity index (χ4v) is 4.22. The Morgan fingerprint density at radius 3 is 2.35 bits per heavy atom. The Morgan fingerprint density at radius 1 is 1.19 bits per heavy atom. The third-order valence-corrected chi connectivity index (χ3v) is 6.66. The highest BCUT2D eigenvalue weighted by atomic mass is 35.5.